The van der Waals surface area contributed by atoms with Gasteiger partial charge in [-0.3, -0.25) is 4.98 Å². The van der Waals surface area contributed by atoms with Gasteiger partial charge in [0.15, 0.2) is 9.84 Å². The first kappa shape index (κ1) is 16.4. The lowest BCUT2D eigenvalue weighted by molar-refractivity contribution is 0.457. The normalized spacial score (nSPS) is 11.7. The highest BCUT2D eigenvalue weighted by atomic mass is 32.2. The highest BCUT2D eigenvalue weighted by molar-refractivity contribution is 7.91. The molecule has 0 saturated carbocycles. The van der Waals surface area contributed by atoms with Crippen molar-refractivity contribution in [3.63, 3.8) is 0 Å². The molecule has 0 aliphatic carbocycles. The fraction of sp³-hybridized carbons (Fsp3) is 0.400. The molecule has 7 heteroatoms. The van der Waals surface area contributed by atoms with Crippen LogP contribution in [0, 0.1) is 0 Å². The van der Waals surface area contributed by atoms with E-state index in [0.29, 0.717) is 12.0 Å². The summed E-state index contributed by atoms with van der Waals surface area (Å²) in [5.74, 6) is -0.307. The zero-order chi connectivity index (χ0) is 16.2. The first-order valence-electron chi connectivity index (χ1n) is 7.29. The van der Waals surface area contributed by atoms with E-state index in [1.54, 1.807) is 18.2 Å². The molecule has 0 fully saturated rings. The van der Waals surface area contributed by atoms with Crippen LogP contribution in [0.25, 0.3) is 11.3 Å². The van der Waals surface area contributed by atoms with Crippen LogP contribution in [0.5, 0.6) is 5.88 Å². The Kier molecular flexibility index (Phi) is 5.07. The topological polar surface area (TPSA) is 103 Å². The van der Waals surface area contributed by atoms with Crippen LogP contribution in [0.1, 0.15) is 32.6 Å². The Bertz CT molecular complexity index is 790. The lowest BCUT2D eigenvalue weighted by atomic mass is 10.1. The molecular weight excluding hydrogens is 304 g/mol. The van der Waals surface area contributed by atoms with Crippen LogP contribution in [-0.4, -0.2) is 29.2 Å². The zero-order valence-corrected chi connectivity index (χ0v) is 13.2. The lowest BCUT2D eigenvalue weighted by Gasteiger charge is -2.09. The number of H-pyrrole nitrogens is 2. The molecule has 1 heterocycles. The van der Waals surface area contributed by atoms with Crippen molar-refractivity contribution >= 4 is 9.84 Å². The number of aromatic hydroxyl groups is 1. The standard InChI is InChI=1S/C15H20N2O4S/c1-2-3-4-7-10-22(20,21)12-9-6-5-8-11(12)13-14(18)17-15(19)16-13/h5-6,8-9,18H,2-4,7,10H2,1H3,(H2,16,17,19). The first-order chi connectivity index (χ1) is 10.5. The molecule has 0 bridgehead atoms. The first-order valence-corrected chi connectivity index (χ1v) is 8.94. The highest BCUT2D eigenvalue weighted by Crippen LogP contribution is 2.30. The summed E-state index contributed by atoms with van der Waals surface area (Å²) < 4.78 is 25.0. The zero-order valence-electron chi connectivity index (χ0n) is 12.4. The molecule has 0 unspecified atom stereocenters. The largest absolute Gasteiger partial charge is 0.493 e. The average Bonchev–Trinajstić information content (AvgIpc) is 2.82. The Morgan fingerprint density at radius 3 is 2.45 bits per heavy atom. The second kappa shape index (κ2) is 6.83. The third-order valence-electron chi connectivity index (χ3n) is 3.47. The molecule has 0 spiro atoms. The summed E-state index contributed by atoms with van der Waals surface area (Å²) in [5.41, 5.74) is -0.186. The van der Waals surface area contributed by atoms with E-state index in [0.717, 1.165) is 19.3 Å². The van der Waals surface area contributed by atoms with Gasteiger partial charge in [0.1, 0.15) is 5.69 Å². The van der Waals surface area contributed by atoms with Crippen LogP contribution in [-0.2, 0) is 9.84 Å². The van der Waals surface area contributed by atoms with Gasteiger partial charge < -0.3 is 10.1 Å². The summed E-state index contributed by atoms with van der Waals surface area (Å²) in [6, 6.07) is 6.35. The van der Waals surface area contributed by atoms with Crippen molar-refractivity contribution in [2.45, 2.75) is 37.5 Å². The fourth-order valence-corrected chi connectivity index (χ4v) is 3.94. The highest BCUT2D eigenvalue weighted by Gasteiger charge is 2.21. The summed E-state index contributed by atoms with van der Waals surface area (Å²) >= 11 is 0. The Hall–Kier alpha value is -2.02. The van der Waals surface area contributed by atoms with Gasteiger partial charge in [-0.05, 0) is 12.5 Å². The van der Waals surface area contributed by atoms with Gasteiger partial charge in [-0.15, -0.1) is 0 Å². The average molecular weight is 324 g/mol. The molecule has 120 valence electrons. The van der Waals surface area contributed by atoms with E-state index in [-0.39, 0.29) is 22.2 Å². The minimum Gasteiger partial charge on any atom is -0.493 e. The van der Waals surface area contributed by atoms with E-state index in [1.807, 2.05) is 0 Å². The maximum Gasteiger partial charge on any atom is 0.326 e. The number of imidazole rings is 1. The molecule has 0 aliphatic rings. The second-order valence-electron chi connectivity index (χ2n) is 5.18. The molecule has 1 aromatic heterocycles. The minimum atomic E-state index is -3.47. The van der Waals surface area contributed by atoms with Crippen molar-refractivity contribution in [3.05, 3.63) is 34.7 Å². The van der Waals surface area contributed by atoms with E-state index in [9.17, 15) is 18.3 Å². The molecule has 22 heavy (non-hydrogen) atoms. The Morgan fingerprint density at radius 1 is 1.09 bits per heavy atom. The number of hydrogen-bond donors (Lipinski definition) is 3. The van der Waals surface area contributed by atoms with Gasteiger partial charge in [-0.25, -0.2) is 13.2 Å². The Balaban J connectivity index is 2.36. The predicted molar refractivity (Wildman–Crippen MR) is 84.7 cm³/mol. The number of rotatable bonds is 7. The third kappa shape index (κ3) is 3.59. The molecular formula is C15H20N2O4S. The number of aromatic nitrogens is 2. The molecule has 0 atom stereocenters. The molecule has 0 radical (unpaired) electrons. The summed E-state index contributed by atoms with van der Waals surface area (Å²) in [6.07, 6.45) is 3.50. The van der Waals surface area contributed by atoms with Crippen LogP contribution < -0.4 is 5.69 Å². The molecule has 0 aliphatic heterocycles. The smallest absolute Gasteiger partial charge is 0.326 e. The number of aromatic amines is 2. The Labute approximate surface area is 129 Å². The molecule has 6 nitrogen and oxygen atoms in total. The number of benzene rings is 1. The molecule has 0 saturated heterocycles. The predicted octanol–water partition coefficient (Wildman–Crippen LogP) is 2.43. The molecule has 2 aromatic rings. The fourth-order valence-electron chi connectivity index (χ4n) is 2.34. The van der Waals surface area contributed by atoms with Crippen molar-refractivity contribution in [1.29, 1.82) is 0 Å². The maximum absolute atomic E-state index is 12.5. The van der Waals surface area contributed by atoms with E-state index in [1.165, 1.54) is 6.07 Å². The quantitative estimate of drug-likeness (QED) is 0.680. The van der Waals surface area contributed by atoms with E-state index >= 15 is 0 Å². The summed E-state index contributed by atoms with van der Waals surface area (Å²) in [4.78, 5) is 16.0. The van der Waals surface area contributed by atoms with Crippen molar-refractivity contribution in [3.8, 4) is 17.1 Å². The van der Waals surface area contributed by atoms with Crippen LogP contribution >= 0.6 is 0 Å². The second-order valence-corrected chi connectivity index (χ2v) is 7.26. The van der Waals surface area contributed by atoms with Gasteiger partial charge in [-0.1, -0.05) is 44.4 Å². The van der Waals surface area contributed by atoms with Crippen molar-refractivity contribution in [1.82, 2.24) is 9.97 Å². The number of sulfone groups is 1. The van der Waals surface area contributed by atoms with E-state index < -0.39 is 15.5 Å². The summed E-state index contributed by atoms with van der Waals surface area (Å²) in [6.45, 7) is 2.06. The van der Waals surface area contributed by atoms with Gasteiger partial charge in [0, 0.05) is 5.56 Å². The van der Waals surface area contributed by atoms with Gasteiger partial charge >= 0.3 is 5.69 Å². The molecule has 0 amide bonds. The van der Waals surface area contributed by atoms with E-state index in [2.05, 4.69) is 16.9 Å². The van der Waals surface area contributed by atoms with Crippen LogP contribution in [0.2, 0.25) is 0 Å². The Morgan fingerprint density at radius 2 is 1.82 bits per heavy atom. The van der Waals surface area contributed by atoms with Gasteiger partial charge in [0.05, 0.1) is 10.6 Å². The number of nitrogens with one attached hydrogen (secondary N) is 2. The SMILES string of the molecule is CCCCCCS(=O)(=O)c1ccccc1-c1[nH]c(=O)[nH]c1O. The van der Waals surface area contributed by atoms with Gasteiger partial charge in [0.25, 0.3) is 0 Å². The van der Waals surface area contributed by atoms with Crippen molar-refractivity contribution < 1.29 is 13.5 Å². The third-order valence-corrected chi connectivity index (χ3v) is 5.32. The van der Waals surface area contributed by atoms with Gasteiger partial charge in [-0.2, -0.15) is 0 Å². The minimum absolute atomic E-state index is 0.0550. The number of hydrogen-bond acceptors (Lipinski definition) is 4. The van der Waals surface area contributed by atoms with Crippen LogP contribution in [0.4, 0.5) is 0 Å². The monoisotopic (exact) mass is 324 g/mol. The van der Waals surface area contributed by atoms with Crippen LogP contribution in [0.15, 0.2) is 34.0 Å². The van der Waals surface area contributed by atoms with Crippen molar-refractivity contribution in [2.75, 3.05) is 5.75 Å². The molecule has 2 rings (SSSR count). The maximum atomic E-state index is 12.5. The van der Waals surface area contributed by atoms with Crippen molar-refractivity contribution in [2.24, 2.45) is 0 Å². The molecule has 1 aromatic carbocycles. The number of unbranched alkanes of at least 4 members (excludes halogenated alkanes) is 3. The summed E-state index contributed by atoms with van der Waals surface area (Å²) in [7, 11) is -3.47. The van der Waals surface area contributed by atoms with Crippen LogP contribution in [0.3, 0.4) is 0 Å². The summed E-state index contributed by atoms with van der Waals surface area (Å²) in [5, 5.41) is 9.74. The molecule has 3 N–H and O–H groups in total. The van der Waals surface area contributed by atoms with Gasteiger partial charge in [0.2, 0.25) is 5.88 Å². The lowest BCUT2D eigenvalue weighted by Crippen LogP contribution is -2.09. The van der Waals surface area contributed by atoms with E-state index in [4.69, 9.17) is 0 Å².